The predicted octanol–water partition coefficient (Wildman–Crippen LogP) is 2.10. The van der Waals surface area contributed by atoms with Gasteiger partial charge in [0, 0.05) is 13.0 Å². The van der Waals surface area contributed by atoms with Crippen molar-refractivity contribution in [1.82, 2.24) is 0 Å². The lowest BCUT2D eigenvalue weighted by Crippen LogP contribution is -2.50. The Balaban J connectivity index is 2.94. The van der Waals surface area contributed by atoms with Crippen molar-refractivity contribution in [2.75, 3.05) is 6.54 Å². The van der Waals surface area contributed by atoms with Crippen LogP contribution < -0.4 is 5.73 Å². The maximum absolute atomic E-state index is 13.0. The lowest BCUT2D eigenvalue weighted by molar-refractivity contribution is -0.0490. The van der Waals surface area contributed by atoms with Gasteiger partial charge in [-0.2, -0.15) is 0 Å². The molecule has 0 saturated heterocycles. The van der Waals surface area contributed by atoms with Gasteiger partial charge in [-0.25, -0.2) is 4.39 Å². The summed E-state index contributed by atoms with van der Waals surface area (Å²) in [5.74, 6) is -0.286. The van der Waals surface area contributed by atoms with Crippen molar-refractivity contribution in [3.05, 3.63) is 35.6 Å². The molecular weight excluding hydrogens is 205 g/mol. The van der Waals surface area contributed by atoms with E-state index in [0.717, 1.165) is 5.56 Å². The van der Waals surface area contributed by atoms with E-state index in [1.807, 2.05) is 20.8 Å². The topological polar surface area (TPSA) is 46.2 Å². The molecule has 0 aliphatic heterocycles. The number of hydrogen-bond acceptors (Lipinski definition) is 2. The van der Waals surface area contributed by atoms with E-state index in [0.29, 0.717) is 6.42 Å². The highest BCUT2D eigenvalue weighted by Gasteiger charge is 2.38. The number of rotatable bonds is 3. The molecule has 3 heteroatoms. The maximum Gasteiger partial charge on any atom is 0.123 e. The van der Waals surface area contributed by atoms with Gasteiger partial charge in [-0.05, 0) is 23.1 Å². The van der Waals surface area contributed by atoms with Crippen LogP contribution in [-0.4, -0.2) is 17.3 Å². The van der Waals surface area contributed by atoms with Gasteiger partial charge in [0.2, 0.25) is 0 Å². The van der Waals surface area contributed by atoms with Gasteiger partial charge in [0.05, 0.1) is 5.60 Å². The second-order valence-corrected chi connectivity index (χ2v) is 5.29. The molecule has 0 amide bonds. The Bertz CT molecular complexity index is 359. The highest BCUT2D eigenvalue weighted by atomic mass is 19.1. The molecule has 1 aromatic rings. The summed E-state index contributed by atoms with van der Waals surface area (Å²) in [6.45, 7) is 5.95. The van der Waals surface area contributed by atoms with Crippen LogP contribution in [0.25, 0.3) is 0 Å². The largest absolute Gasteiger partial charge is 0.388 e. The average molecular weight is 225 g/mol. The molecule has 0 heterocycles. The van der Waals surface area contributed by atoms with Crippen molar-refractivity contribution < 1.29 is 9.50 Å². The van der Waals surface area contributed by atoms with Crippen molar-refractivity contribution >= 4 is 0 Å². The van der Waals surface area contributed by atoms with E-state index in [1.54, 1.807) is 12.1 Å². The summed E-state index contributed by atoms with van der Waals surface area (Å²) in [5.41, 5.74) is 5.05. The van der Waals surface area contributed by atoms with Gasteiger partial charge in [-0.3, -0.25) is 0 Å². The first-order chi connectivity index (χ1) is 7.28. The summed E-state index contributed by atoms with van der Waals surface area (Å²) < 4.78 is 13.0. The van der Waals surface area contributed by atoms with E-state index in [2.05, 4.69) is 0 Å². The second kappa shape index (κ2) is 4.52. The molecule has 0 radical (unpaired) electrons. The fourth-order valence-electron chi connectivity index (χ4n) is 1.63. The van der Waals surface area contributed by atoms with E-state index in [4.69, 9.17) is 5.73 Å². The Labute approximate surface area is 96.3 Å². The molecule has 3 N–H and O–H groups in total. The van der Waals surface area contributed by atoms with Crippen molar-refractivity contribution in [3.63, 3.8) is 0 Å². The third-order valence-electron chi connectivity index (χ3n) is 3.12. The van der Waals surface area contributed by atoms with E-state index in [-0.39, 0.29) is 17.8 Å². The minimum absolute atomic E-state index is 0.160. The Morgan fingerprint density at radius 3 is 2.38 bits per heavy atom. The van der Waals surface area contributed by atoms with Gasteiger partial charge < -0.3 is 10.8 Å². The number of hydrogen-bond donors (Lipinski definition) is 2. The van der Waals surface area contributed by atoms with Crippen LogP contribution in [0.1, 0.15) is 26.3 Å². The van der Waals surface area contributed by atoms with Crippen LogP contribution >= 0.6 is 0 Å². The molecule has 0 aliphatic rings. The number of aliphatic hydroxyl groups is 1. The van der Waals surface area contributed by atoms with Crippen molar-refractivity contribution in [1.29, 1.82) is 0 Å². The monoisotopic (exact) mass is 225 g/mol. The van der Waals surface area contributed by atoms with Crippen LogP contribution in [0.15, 0.2) is 24.3 Å². The molecule has 16 heavy (non-hydrogen) atoms. The van der Waals surface area contributed by atoms with Crippen LogP contribution in [0.4, 0.5) is 4.39 Å². The Kier molecular flexibility index (Phi) is 3.71. The molecule has 2 nitrogen and oxygen atoms in total. The Morgan fingerprint density at radius 2 is 1.94 bits per heavy atom. The second-order valence-electron chi connectivity index (χ2n) is 5.29. The van der Waals surface area contributed by atoms with Gasteiger partial charge in [0.1, 0.15) is 5.82 Å². The minimum Gasteiger partial charge on any atom is -0.388 e. The molecular formula is C13H20FNO. The summed E-state index contributed by atoms with van der Waals surface area (Å²) in [5, 5.41) is 10.5. The molecule has 0 saturated carbocycles. The molecule has 0 bridgehead atoms. The molecule has 1 aromatic carbocycles. The lowest BCUT2D eigenvalue weighted by atomic mass is 9.73. The number of halogens is 1. The number of nitrogens with two attached hydrogens (primary N) is 1. The zero-order chi connectivity index (χ0) is 12.4. The zero-order valence-electron chi connectivity index (χ0n) is 10.1. The van der Waals surface area contributed by atoms with Crippen LogP contribution in [0.5, 0.6) is 0 Å². The summed E-state index contributed by atoms with van der Waals surface area (Å²) in [6, 6.07) is 6.27. The van der Waals surface area contributed by atoms with Crippen LogP contribution in [-0.2, 0) is 6.42 Å². The van der Waals surface area contributed by atoms with Crippen molar-refractivity contribution in [2.45, 2.75) is 32.8 Å². The zero-order valence-corrected chi connectivity index (χ0v) is 10.1. The summed E-state index contributed by atoms with van der Waals surface area (Å²) in [4.78, 5) is 0. The maximum atomic E-state index is 13.0. The highest BCUT2D eigenvalue weighted by molar-refractivity contribution is 5.19. The molecule has 1 unspecified atom stereocenters. The fourth-order valence-corrected chi connectivity index (χ4v) is 1.63. The molecule has 0 aromatic heterocycles. The van der Waals surface area contributed by atoms with Gasteiger partial charge in [-0.15, -0.1) is 0 Å². The van der Waals surface area contributed by atoms with E-state index >= 15 is 0 Å². The van der Waals surface area contributed by atoms with E-state index in [1.165, 1.54) is 12.1 Å². The van der Waals surface area contributed by atoms with Crippen molar-refractivity contribution in [2.24, 2.45) is 11.1 Å². The normalized spacial score (nSPS) is 15.9. The van der Waals surface area contributed by atoms with Gasteiger partial charge in [0.25, 0.3) is 0 Å². The van der Waals surface area contributed by atoms with E-state index in [9.17, 15) is 9.50 Å². The van der Waals surface area contributed by atoms with Crippen molar-refractivity contribution in [3.8, 4) is 0 Å². The van der Waals surface area contributed by atoms with Crippen LogP contribution in [0.3, 0.4) is 0 Å². The molecule has 0 aliphatic carbocycles. The third-order valence-corrected chi connectivity index (χ3v) is 3.12. The summed E-state index contributed by atoms with van der Waals surface area (Å²) in [6.07, 6.45) is 0.366. The molecule has 0 spiro atoms. The van der Waals surface area contributed by atoms with Gasteiger partial charge >= 0.3 is 0 Å². The SMILES string of the molecule is CC(C)(C)C(O)(CN)Cc1cccc(F)c1. The van der Waals surface area contributed by atoms with Gasteiger partial charge in [0.15, 0.2) is 0 Å². The summed E-state index contributed by atoms with van der Waals surface area (Å²) >= 11 is 0. The molecule has 90 valence electrons. The predicted molar refractivity (Wildman–Crippen MR) is 63.6 cm³/mol. The average Bonchev–Trinajstić information content (AvgIpc) is 2.15. The Hall–Kier alpha value is -0.930. The molecule has 1 atom stereocenters. The number of benzene rings is 1. The standard InChI is InChI=1S/C13H20FNO/c1-12(2,3)13(16,9-15)8-10-5-4-6-11(14)7-10/h4-7,16H,8-9,15H2,1-3H3. The fraction of sp³-hybridized carbons (Fsp3) is 0.538. The smallest absolute Gasteiger partial charge is 0.123 e. The van der Waals surface area contributed by atoms with E-state index < -0.39 is 5.60 Å². The van der Waals surface area contributed by atoms with Crippen LogP contribution in [0, 0.1) is 11.2 Å². The van der Waals surface area contributed by atoms with Gasteiger partial charge in [-0.1, -0.05) is 32.9 Å². The first kappa shape index (κ1) is 13.1. The minimum atomic E-state index is -1.01. The summed E-state index contributed by atoms with van der Waals surface area (Å²) in [7, 11) is 0. The Morgan fingerprint density at radius 1 is 1.31 bits per heavy atom. The first-order valence-electron chi connectivity index (χ1n) is 5.45. The quantitative estimate of drug-likeness (QED) is 0.827. The highest BCUT2D eigenvalue weighted by Crippen LogP contribution is 2.32. The first-order valence-corrected chi connectivity index (χ1v) is 5.45. The third kappa shape index (κ3) is 2.80. The lowest BCUT2D eigenvalue weighted by Gasteiger charge is -2.39. The molecule has 0 fully saturated rings. The van der Waals surface area contributed by atoms with Crippen LogP contribution in [0.2, 0.25) is 0 Å². The molecule has 1 rings (SSSR count).